The van der Waals surface area contributed by atoms with Crippen LogP contribution in [0.25, 0.3) is 0 Å². The minimum atomic E-state index is 0. The second-order valence-corrected chi connectivity index (χ2v) is 6.63. The molecule has 112 valence electrons. The van der Waals surface area contributed by atoms with Crippen LogP contribution in [0, 0.1) is 5.92 Å². The Morgan fingerprint density at radius 1 is 1.30 bits per heavy atom. The molecule has 0 spiro atoms. The third kappa shape index (κ3) is 3.93. The number of hydrogen-bond donors (Lipinski definition) is 2. The van der Waals surface area contributed by atoms with Crippen LogP contribution in [-0.4, -0.2) is 24.0 Å². The van der Waals surface area contributed by atoms with E-state index in [9.17, 15) is 4.79 Å². The van der Waals surface area contributed by atoms with Crippen LogP contribution in [0.5, 0.6) is 0 Å². The van der Waals surface area contributed by atoms with Gasteiger partial charge in [-0.05, 0) is 57.5 Å². The average molecular weight is 316 g/mol. The van der Waals surface area contributed by atoms with E-state index in [1.165, 1.54) is 23.4 Å². The lowest BCUT2D eigenvalue weighted by Gasteiger charge is -2.21. The molecule has 4 nitrogen and oxygen atoms in total. The predicted molar refractivity (Wildman–Crippen MR) is 84.8 cm³/mol. The van der Waals surface area contributed by atoms with Crippen molar-refractivity contribution in [2.24, 2.45) is 5.92 Å². The summed E-state index contributed by atoms with van der Waals surface area (Å²) < 4.78 is 0. The fourth-order valence-corrected chi connectivity index (χ4v) is 3.99. The van der Waals surface area contributed by atoms with Gasteiger partial charge in [0.2, 0.25) is 5.91 Å². The van der Waals surface area contributed by atoms with E-state index >= 15 is 0 Å². The smallest absolute Gasteiger partial charge is 0.226 e. The molecule has 2 aliphatic rings. The van der Waals surface area contributed by atoms with E-state index < -0.39 is 0 Å². The summed E-state index contributed by atoms with van der Waals surface area (Å²) in [6.07, 6.45) is 7.58. The summed E-state index contributed by atoms with van der Waals surface area (Å²) in [6.45, 7) is 2.09. The Balaban J connectivity index is 0.00000147. The van der Waals surface area contributed by atoms with Gasteiger partial charge >= 0.3 is 0 Å². The SMILES string of the molecule is Cl.O=C(CC1CCNCC1)Nc1nc2c(s1)CCCC2. The van der Waals surface area contributed by atoms with Crippen molar-refractivity contribution >= 4 is 34.8 Å². The monoisotopic (exact) mass is 315 g/mol. The van der Waals surface area contributed by atoms with Gasteiger partial charge in [0.15, 0.2) is 5.13 Å². The summed E-state index contributed by atoms with van der Waals surface area (Å²) in [5, 5.41) is 7.13. The van der Waals surface area contributed by atoms with Crippen molar-refractivity contribution in [1.82, 2.24) is 10.3 Å². The first-order valence-corrected chi connectivity index (χ1v) is 8.12. The summed E-state index contributed by atoms with van der Waals surface area (Å²) in [7, 11) is 0. The van der Waals surface area contributed by atoms with Crippen molar-refractivity contribution in [3.8, 4) is 0 Å². The van der Waals surface area contributed by atoms with Crippen molar-refractivity contribution < 1.29 is 4.79 Å². The number of nitrogens with zero attached hydrogens (tertiary/aromatic N) is 1. The Bertz CT molecular complexity index is 434. The van der Waals surface area contributed by atoms with Crippen LogP contribution < -0.4 is 10.6 Å². The first-order chi connectivity index (χ1) is 9.31. The van der Waals surface area contributed by atoms with Crippen LogP contribution in [0.3, 0.4) is 0 Å². The molecule has 1 saturated heterocycles. The van der Waals surface area contributed by atoms with Crippen molar-refractivity contribution in [2.45, 2.75) is 44.9 Å². The summed E-state index contributed by atoms with van der Waals surface area (Å²) in [4.78, 5) is 18.0. The molecule has 3 rings (SSSR count). The average Bonchev–Trinajstić information content (AvgIpc) is 2.81. The zero-order valence-corrected chi connectivity index (χ0v) is 13.2. The maximum absolute atomic E-state index is 12.0. The molecule has 0 unspecified atom stereocenters. The first-order valence-electron chi connectivity index (χ1n) is 7.30. The highest BCUT2D eigenvalue weighted by Crippen LogP contribution is 2.29. The molecule has 20 heavy (non-hydrogen) atoms. The maximum atomic E-state index is 12.0. The molecule has 1 aromatic rings. The van der Waals surface area contributed by atoms with E-state index in [0.29, 0.717) is 12.3 Å². The lowest BCUT2D eigenvalue weighted by Crippen LogP contribution is -2.30. The number of aryl methyl sites for hydroxylation is 2. The largest absolute Gasteiger partial charge is 0.317 e. The van der Waals surface area contributed by atoms with Gasteiger partial charge in [-0.2, -0.15) is 0 Å². The summed E-state index contributed by atoms with van der Waals surface area (Å²) >= 11 is 1.67. The minimum absolute atomic E-state index is 0. The summed E-state index contributed by atoms with van der Waals surface area (Å²) in [6, 6.07) is 0. The number of rotatable bonds is 3. The third-order valence-electron chi connectivity index (χ3n) is 4.02. The number of carbonyl (C=O) groups is 1. The van der Waals surface area contributed by atoms with E-state index in [4.69, 9.17) is 0 Å². The minimum Gasteiger partial charge on any atom is -0.317 e. The second-order valence-electron chi connectivity index (χ2n) is 5.54. The number of hydrogen-bond acceptors (Lipinski definition) is 4. The van der Waals surface area contributed by atoms with Gasteiger partial charge in [-0.25, -0.2) is 4.98 Å². The van der Waals surface area contributed by atoms with Crippen molar-refractivity contribution in [2.75, 3.05) is 18.4 Å². The van der Waals surface area contributed by atoms with Gasteiger partial charge in [0.1, 0.15) is 0 Å². The molecule has 0 atom stereocenters. The van der Waals surface area contributed by atoms with Gasteiger partial charge in [0.05, 0.1) is 5.69 Å². The molecule has 1 fully saturated rings. The molecular weight excluding hydrogens is 294 g/mol. The topological polar surface area (TPSA) is 54.0 Å². The molecule has 1 aromatic heterocycles. The lowest BCUT2D eigenvalue weighted by molar-refractivity contribution is -0.117. The summed E-state index contributed by atoms with van der Waals surface area (Å²) in [5.74, 6) is 0.675. The van der Waals surface area contributed by atoms with E-state index in [1.54, 1.807) is 11.3 Å². The number of anilines is 1. The first kappa shape index (κ1) is 15.7. The van der Waals surface area contributed by atoms with Crippen LogP contribution in [0.1, 0.15) is 42.7 Å². The highest BCUT2D eigenvalue weighted by atomic mass is 35.5. The maximum Gasteiger partial charge on any atom is 0.226 e. The van der Waals surface area contributed by atoms with Crippen LogP contribution in [-0.2, 0) is 17.6 Å². The lowest BCUT2D eigenvalue weighted by atomic mass is 9.94. The van der Waals surface area contributed by atoms with Crippen molar-refractivity contribution in [1.29, 1.82) is 0 Å². The van der Waals surface area contributed by atoms with Gasteiger partial charge < -0.3 is 10.6 Å². The predicted octanol–water partition coefficient (Wildman–Crippen LogP) is 2.77. The fraction of sp³-hybridized carbons (Fsp3) is 0.714. The Kier molecular flexibility index (Phi) is 5.81. The van der Waals surface area contributed by atoms with Crippen LogP contribution >= 0.6 is 23.7 Å². The van der Waals surface area contributed by atoms with Crippen LogP contribution in [0.2, 0.25) is 0 Å². The van der Waals surface area contributed by atoms with E-state index in [-0.39, 0.29) is 18.3 Å². The number of aromatic nitrogens is 1. The Hall–Kier alpha value is -0.650. The zero-order chi connectivity index (χ0) is 13.1. The van der Waals surface area contributed by atoms with Gasteiger partial charge in [-0.15, -0.1) is 23.7 Å². The number of carbonyl (C=O) groups excluding carboxylic acids is 1. The standard InChI is InChI=1S/C14H21N3OS.ClH/c18-13(9-10-5-7-15-8-6-10)17-14-16-11-3-1-2-4-12(11)19-14;/h10,15H,1-9H2,(H,16,17,18);1H. The molecule has 2 N–H and O–H groups in total. The molecule has 0 radical (unpaired) electrons. The number of halogens is 1. The van der Waals surface area contributed by atoms with E-state index in [2.05, 4.69) is 15.6 Å². The number of nitrogens with one attached hydrogen (secondary N) is 2. The summed E-state index contributed by atoms with van der Waals surface area (Å²) in [5.41, 5.74) is 1.22. The van der Waals surface area contributed by atoms with Crippen molar-refractivity contribution in [3.05, 3.63) is 10.6 Å². The zero-order valence-electron chi connectivity index (χ0n) is 11.6. The van der Waals surface area contributed by atoms with E-state index in [1.807, 2.05) is 0 Å². The van der Waals surface area contributed by atoms with Gasteiger partial charge in [0.25, 0.3) is 0 Å². The number of amides is 1. The molecule has 1 aliphatic carbocycles. The van der Waals surface area contributed by atoms with E-state index in [0.717, 1.165) is 43.9 Å². The molecule has 0 aromatic carbocycles. The quantitative estimate of drug-likeness (QED) is 0.902. The number of piperidine rings is 1. The van der Waals surface area contributed by atoms with Gasteiger partial charge in [0, 0.05) is 11.3 Å². The molecule has 1 amide bonds. The van der Waals surface area contributed by atoms with Gasteiger partial charge in [-0.1, -0.05) is 0 Å². The fourth-order valence-electron chi connectivity index (χ4n) is 2.92. The molecular formula is C14H22ClN3OS. The van der Waals surface area contributed by atoms with Crippen molar-refractivity contribution in [3.63, 3.8) is 0 Å². The molecule has 2 heterocycles. The molecule has 0 saturated carbocycles. The Morgan fingerprint density at radius 2 is 2.05 bits per heavy atom. The molecule has 1 aliphatic heterocycles. The number of fused-ring (bicyclic) bond motifs is 1. The van der Waals surface area contributed by atoms with Gasteiger partial charge in [-0.3, -0.25) is 4.79 Å². The normalized spacial score (nSPS) is 19.0. The van der Waals surface area contributed by atoms with Crippen LogP contribution in [0.15, 0.2) is 0 Å². The second kappa shape index (κ2) is 7.38. The highest BCUT2D eigenvalue weighted by Gasteiger charge is 2.19. The molecule has 0 bridgehead atoms. The Morgan fingerprint density at radius 3 is 2.80 bits per heavy atom. The molecule has 6 heteroatoms. The number of thiazole rings is 1. The third-order valence-corrected chi connectivity index (χ3v) is 5.10. The Labute approximate surface area is 130 Å². The van der Waals surface area contributed by atoms with Crippen LogP contribution in [0.4, 0.5) is 5.13 Å². The highest BCUT2D eigenvalue weighted by molar-refractivity contribution is 7.15.